The molecule has 0 bridgehead atoms. The standard InChI is InChI=1S/C16H21N3O6S/c1-17-5-3-4-11(17)15(21)16(22)19-7-6-18(14(20)8-25-2)12-9-26(23,24)10-13(12)19/h3-5,12-13H,6-10H2,1-2H3/t12-,13+/m1/s1. The first-order chi connectivity index (χ1) is 12.2. The van der Waals surface area contributed by atoms with Gasteiger partial charge in [-0.1, -0.05) is 0 Å². The fraction of sp³-hybridized carbons (Fsp3) is 0.562. The molecule has 2 amide bonds. The molecule has 142 valence electrons. The summed E-state index contributed by atoms with van der Waals surface area (Å²) in [6.07, 6.45) is 1.66. The van der Waals surface area contributed by atoms with Crippen LogP contribution < -0.4 is 0 Å². The lowest BCUT2D eigenvalue weighted by molar-refractivity contribution is -0.145. The highest BCUT2D eigenvalue weighted by Gasteiger charge is 2.50. The molecule has 0 aliphatic carbocycles. The van der Waals surface area contributed by atoms with Crippen LogP contribution in [-0.4, -0.2) is 90.8 Å². The summed E-state index contributed by atoms with van der Waals surface area (Å²) in [4.78, 5) is 40.3. The van der Waals surface area contributed by atoms with Crippen molar-refractivity contribution < 1.29 is 27.5 Å². The lowest BCUT2D eigenvalue weighted by Gasteiger charge is -2.43. The Kier molecular flexibility index (Phi) is 4.89. The van der Waals surface area contributed by atoms with E-state index in [1.54, 1.807) is 29.9 Å². The van der Waals surface area contributed by atoms with Gasteiger partial charge in [-0.05, 0) is 12.1 Å². The highest BCUT2D eigenvalue weighted by molar-refractivity contribution is 7.91. The predicted molar refractivity (Wildman–Crippen MR) is 91.3 cm³/mol. The average molecular weight is 383 g/mol. The molecule has 1 aromatic heterocycles. The van der Waals surface area contributed by atoms with Gasteiger partial charge in [0.15, 0.2) is 9.84 Å². The quantitative estimate of drug-likeness (QED) is 0.472. The van der Waals surface area contributed by atoms with Crippen LogP contribution in [0.4, 0.5) is 0 Å². The Balaban J connectivity index is 1.86. The maximum Gasteiger partial charge on any atom is 0.296 e. The van der Waals surface area contributed by atoms with Gasteiger partial charge in [0.1, 0.15) is 6.61 Å². The van der Waals surface area contributed by atoms with Crippen LogP contribution in [0.3, 0.4) is 0 Å². The molecular weight excluding hydrogens is 362 g/mol. The SMILES string of the molecule is COCC(=O)N1CCN(C(=O)C(=O)c2cccn2C)[C@H]2CS(=O)(=O)C[C@H]21. The van der Waals surface area contributed by atoms with Crippen LogP contribution in [0.25, 0.3) is 0 Å². The fourth-order valence-corrected chi connectivity index (χ4v) is 5.64. The van der Waals surface area contributed by atoms with Crippen LogP contribution in [0.5, 0.6) is 0 Å². The maximum absolute atomic E-state index is 12.7. The van der Waals surface area contributed by atoms with E-state index in [1.807, 2.05) is 0 Å². The minimum absolute atomic E-state index is 0.112. The Morgan fingerprint density at radius 2 is 1.77 bits per heavy atom. The van der Waals surface area contributed by atoms with Gasteiger partial charge in [-0.2, -0.15) is 0 Å². The summed E-state index contributed by atoms with van der Waals surface area (Å²) in [5.74, 6) is -2.20. The summed E-state index contributed by atoms with van der Waals surface area (Å²) in [5, 5.41) is 0. The minimum Gasteiger partial charge on any atom is -0.375 e. The molecule has 3 rings (SSSR count). The van der Waals surface area contributed by atoms with E-state index >= 15 is 0 Å². The number of Topliss-reactive ketones (excluding diaryl/α,β-unsaturated/α-hetero) is 1. The number of nitrogens with zero attached hydrogens (tertiary/aromatic N) is 3. The summed E-state index contributed by atoms with van der Waals surface area (Å²) in [7, 11) is -0.364. The number of aromatic nitrogens is 1. The van der Waals surface area contributed by atoms with Gasteiger partial charge in [0, 0.05) is 33.4 Å². The summed E-state index contributed by atoms with van der Waals surface area (Å²) in [5.41, 5.74) is 0.241. The first-order valence-electron chi connectivity index (χ1n) is 8.20. The minimum atomic E-state index is -3.41. The van der Waals surface area contributed by atoms with Crippen LogP contribution in [0.2, 0.25) is 0 Å². The van der Waals surface area contributed by atoms with E-state index in [2.05, 4.69) is 0 Å². The molecule has 0 saturated carbocycles. The average Bonchev–Trinajstić information content (AvgIpc) is 3.14. The van der Waals surface area contributed by atoms with E-state index in [0.29, 0.717) is 0 Å². The molecule has 2 fully saturated rings. The van der Waals surface area contributed by atoms with Crippen LogP contribution >= 0.6 is 0 Å². The summed E-state index contributed by atoms with van der Waals surface area (Å²) in [6.45, 7) is 0.131. The van der Waals surface area contributed by atoms with Gasteiger partial charge >= 0.3 is 0 Å². The van der Waals surface area contributed by atoms with Crippen molar-refractivity contribution in [2.24, 2.45) is 7.05 Å². The van der Waals surface area contributed by atoms with Gasteiger partial charge in [0.05, 0.1) is 29.3 Å². The topological polar surface area (TPSA) is 106 Å². The number of ketones is 1. The molecule has 26 heavy (non-hydrogen) atoms. The predicted octanol–water partition coefficient (Wildman–Crippen LogP) is -1.31. The highest BCUT2D eigenvalue weighted by atomic mass is 32.2. The molecule has 10 heteroatoms. The zero-order valence-corrected chi connectivity index (χ0v) is 15.4. The third kappa shape index (κ3) is 3.26. The van der Waals surface area contributed by atoms with Gasteiger partial charge in [-0.25, -0.2) is 8.42 Å². The van der Waals surface area contributed by atoms with Crippen LogP contribution in [0.1, 0.15) is 10.5 Å². The number of piperazine rings is 1. The Morgan fingerprint density at radius 1 is 1.15 bits per heavy atom. The first kappa shape index (κ1) is 18.6. The Bertz CT molecular complexity index is 846. The van der Waals surface area contributed by atoms with Gasteiger partial charge in [-0.3, -0.25) is 14.4 Å². The third-order valence-electron chi connectivity index (χ3n) is 4.90. The van der Waals surface area contributed by atoms with Crippen molar-refractivity contribution >= 4 is 27.4 Å². The molecule has 9 nitrogen and oxygen atoms in total. The Labute approximate surface area is 151 Å². The van der Waals surface area contributed by atoms with Crippen molar-refractivity contribution in [3.63, 3.8) is 0 Å². The number of aryl methyl sites for hydroxylation is 1. The lowest BCUT2D eigenvalue weighted by atomic mass is 10.0. The number of carbonyl (C=O) groups excluding carboxylic acids is 3. The van der Waals surface area contributed by atoms with Crippen LogP contribution in [-0.2, 0) is 31.2 Å². The number of carbonyl (C=O) groups is 3. The van der Waals surface area contributed by atoms with E-state index in [1.165, 1.54) is 16.9 Å². The number of amides is 2. The molecule has 0 spiro atoms. The van der Waals surface area contributed by atoms with E-state index in [0.717, 1.165) is 0 Å². The number of methoxy groups -OCH3 is 1. The normalized spacial score (nSPS) is 24.4. The number of rotatable bonds is 4. The molecule has 1 aromatic rings. The van der Waals surface area contributed by atoms with Crippen molar-refractivity contribution in [3.8, 4) is 0 Å². The zero-order chi connectivity index (χ0) is 19.1. The van der Waals surface area contributed by atoms with Gasteiger partial charge in [0.25, 0.3) is 11.7 Å². The lowest BCUT2D eigenvalue weighted by Crippen LogP contribution is -2.63. The Morgan fingerprint density at radius 3 is 2.35 bits per heavy atom. The number of sulfone groups is 1. The summed E-state index contributed by atoms with van der Waals surface area (Å²) in [6, 6.07) is 1.83. The number of hydrogen-bond acceptors (Lipinski definition) is 6. The molecular formula is C16H21N3O6S. The Hall–Kier alpha value is -2.20. The monoisotopic (exact) mass is 383 g/mol. The van der Waals surface area contributed by atoms with Crippen molar-refractivity contribution in [1.29, 1.82) is 0 Å². The zero-order valence-electron chi connectivity index (χ0n) is 14.6. The molecule has 2 saturated heterocycles. The first-order valence-corrected chi connectivity index (χ1v) is 10.0. The third-order valence-corrected chi connectivity index (χ3v) is 6.59. The largest absolute Gasteiger partial charge is 0.375 e. The van der Waals surface area contributed by atoms with Crippen molar-refractivity contribution in [1.82, 2.24) is 14.4 Å². The fourth-order valence-electron chi connectivity index (χ4n) is 3.66. The molecule has 0 unspecified atom stereocenters. The summed E-state index contributed by atoms with van der Waals surface area (Å²) >= 11 is 0. The van der Waals surface area contributed by atoms with Crippen molar-refractivity contribution in [2.75, 3.05) is 38.3 Å². The number of fused-ring (bicyclic) bond motifs is 1. The van der Waals surface area contributed by atoms with Gasteiger partial charge in [-0.15, -0.1) is 0 Å². The van der Waals surface area contributed by atoms with Crippen molar-refractivity contribution in [2.45, 2.75) is 12.1 Å². The molecule has 2 aliphatic rings. The molecule has 0 aromatic carbocycles. The molecule has 0 N–H and O–H groups in total. The van der Waals surface area contributed by atoms with Crippen LogP contribution in [0.15, 0.2) is 18.3 Å². The van der Waals surface area contributed by atoms with Gasteiger partial charge < -0.3 is 19.1 Å². The van der Waals surface area contributed by atoms with Gasteiger partial charge in [0.2, 0.25) is 5.91 Å². The van der Waals surface area contributed by atoms with E-state index in [9.17, 15) is 22.8 Å². The molecule has 3 heterocycles. The van der Waals surface area contributed by atoms with E-state index in [4.69, 9.17) is 4.74 Å². The smallest absolute Gasteiger partial charge is 0.296 e. The molecule has 2 atom stereocenters. The van der Waals surface area contributed by atoms with E-state index in [-0.39, 0.29) is 42.8 Å². The number of ether oxygens (including phenoxy) is 1. The van der Waals surface area contributed by atoms with Crippen LogP contribution in [0, 0.1) is 0 Å². The molecule has 2 aliphatic heterocycles. The number of hydrogen-bond donors (Lipinski definition) is 0. The molecule has 0 radical (unpaired) electrons. The highest BCUT2D eigenvalue weighted by Crippen LogP contribution is 2.27. The van der Waals surface area contributed by atoms with Crippen molar-refractivity contribution in [3.05, 3.63) is 24.0 Å². The second-order valence-electron chi connectivity index (χ2n) is 6.56. The summed E-state index contributed by atoms with van der Waals surface area (Å²) < 4.78 is 30.7. The second kappa shape index (κ2) is 6.84. The maximum atomic E-state index is 12.7. The van der Waals surface area contributed by atoms with E-state index < -0.39 is 33.6 Å². The second-order valence-corrected chi connectivity index (χ2v) is 8.72.